The van der Waals surface area contributed by atoms with E-state index in [1.807, 2.05) is 0 Å². The van der Waals surface area contributed by atoms with Crippen LogP contribution in [0.2, 0.25) is 0 Å². The minimum Gasteiger partial charge on any atom is -0.355 e. The molecule has 22 heavy (non-hydrogen) atoms. The van der Waals surface area contributed by atoms with Gasteiger partial charge in [0.1, 0.15) is 0 Å². The summed E-state index contributed by atoms with van der Waals surface area (Å²) < 4.78 is 25.2. The zero-order valence-electron chi connectivity index (χ0n) is 14.2. The van der Waals surface area contributed by atoms with Crippen molar-refractivity contribution in [2.45, 2.75) is 45.7 Å². The van der Waals surface area contributed by atoms with Crippen LogP contribution in [-0.4, -0.2) is 70.3 Å². The quantitative estimate of drug-likeness (QED) is 0.346. The van der Waals surface area contributed by atoms with Crippen LogP contribution in [0.15, 0.2) is 4.99 Å². The van der Waals surface area contributed by atoms with E-state index < -0.39 is 10.0 Å². The Hall–Kier alpha value is -0.860. The number of hydrogen-bond acceptors (Lipinski definition) is 4. The lowest BCUT2D eigenvalue weighted by Crippen LogP contribution is -2.50. The van der Waals surface area contributed by atoms with Crippen LogP contribution >= 0.6 is 0 Å². The zero-order valence-corrected chi connectivity index (χ0v) is 15.0. The number of nitrogens with zero attached hydrogens (tertiary/aromatic N) is 2. The summed E-state index contributed by atoms with van der Waals surface area (Å²) in [7, 11) is -1.39. The fraction of sp³-hybridized carbons (Fsp3) is 0.929. The van der Waals surface area contributed by atoms with E-state index in [9.17, 15) is 8.42 Å². The van der Waals surface area contributed by atoms with Crippen LogP contribution in [0.25, 0.3) is 0 Å². The molecule has 0 aromatic carbocycles. The molecular formula is C14H31N5O2S. The molecular weight excluding hydrogens is 302 g/mol. The van der Waals surface area contributed by atoms with Crippen LogP contribution in [0.3, 0.4) is 0 Å². The highest BCUT2D eigenvalue weighted by Crippen LogP contribution is 2.12. The van der Waals surface area contributed by atoms with Crippen LogP contribution in [0.4, 0.5) is 0 Å². The molecule has 0 amide bonds. The minimum absolute atomic E-state index is 0.106. The fourth-order valence-corrected chi connectivity index (χ4v) is 3.05. The SMILES string of the molecule is CCS(=O)(=O)NCCNC(=NC)NC1CCN(C(C)C)CC1. The van der Waals surface area contributed by atoms with Crippen molar-refractivity contribution >= 4 is 16.0 Å². The number of hydrogen-bond donors (Lipinski definition) is 3. The van der Waals surface area contributed by atoms with E-state index in [0.717, 1.165) is 31.9 Å². The van der Waals surface area contributed by atoms with Crippen molar-refractivity contribution in [1.82, 2.24) is 20.3 Å². The summed E-state index contributed by atoms with van der Waals surface area (Å²) in [6, 6.07) is 1.03. The highest BCUT2D eigenvalue weighted by molar-refractivity contribution is 7.89. The minimum atomic E-state index is -3.12. The second kappa shape index (κ2) is 9.32. The van der Waals surface area contributed by atoms with Crippen molar-refractivity contribution < 1.29 is 8.42 Å². The van der Waals surface area contributed by atoms with Crippen molar-refractivity contribution in [1.29, 1.82) is 0 Å². The summed E-state index contributed by atoms with van der Waals surface area (Å²) in [6.45, 7) is 9.16. The number of sulfonamides is 1. The Bertz CT molecular complexity index is 442. The van der Waals surface area contributed by atoms with E-state index in [2.05, 4.69) is 39.1 Å². The maximum atomic E-state index is 11.3. The number of guanidine groups is 1. The average Bonchev–Trinajstić information content (AvgIpc) is 2.50. The molecule has 0 radical (unpaired) electrons. The molecule has 1 saturated heterocycles. The first-order valence-electron chi connectivity index (χ1n) is 8.06. The lowest BCUT2D eigenvalue weighted by atomic mass is 10.0. The highest BCUT2D eigenvalue weighted by atomic mass is 32.2. The largest absolute Gasteiger partial charge is 0.355 e. The summed E-state index contributed by atoms with van der Waals surface area (Å²) in [5.41, 5.74) is 0. The van der Waals surface area contributed by atoms with Gasteiger partial charge in [0, 0.05) is 45.3 Å². The van der Waals surface area contributed by atoms with E-state index in [1.165, 1.54) is 0 Å². The molecule has 0 atom stereocenters. The molecule has 1 aliphatic heterocycles. The molecule has 130 valence electrons. The van der Waals surface area contributed by atoms with Crippen molar-refractivity contribution in [2.24, 2.45) is 4.99 Å². The molecule has 0 saturated carbocycles. The van der Waals surface area contributed by atoms with E-state index in [-0.39, 0.29) is 5.75 Å². The molecule has 1 aliphatic rings. The van der Waals surface area contributed by atoms with Crippen LogP contribution < -0.4 is 15.4 Å². The Labute approximate surface area is 135 Å². The molecule has 3 N–H and O–H groups in total. The van der Waals surface area contributed by atoms with Gasteiger partial charge in [0.05, 0.1) is 5.75 Å². The van der Waals surface area contributed by atoms with Gasteiger partial charge < -0.3 is 15.5 Å². The Morgan fingerprint density at radius 2 is 1.91 bits per heavy atom. The van der Waals surface area contributed by atoms with E-state index in [0.29, 0.717) is 25.2 Å². The Morgan fingerprint density at radius 1 is 1.27 bits per heavy atom. The van der Waals surface area contributed by atoms with Gasteiger partial charge in [-0.25, -0.2) is 13.1 Å². The Balaban J connectivity index is 2.26. The maximum absolute atomic E-state index is 11.3. The highest BCUT2D eigenvalue weighted by Gasteiger charge is 2.21. The summed E-state index contributed by atoms with van der Waals surface area (Å²) in [5, 5.41) is 6.56. The van der Waals surface area contributed by atoms with Gasteiger partial charge in [-0.2, -0.15) is 0 Å². The number of rotatable bonds is 7. The zero-order chi connectivity index (χ0) is 16.6. The number of piperidine rings is 1. The third-order valence-electron chi connectivity index (χ3n) is 3.94. The first kappa shape index (κ1) is 19.2. The number of nitrogens with one attached hydrogen (secondary N) is 3. The van der Waals surface area contributed by atoms with Gasteiger partial charge in [0.15, 0.2) is 5.96 Å². The molecule has 0 aromatic rings. The van der Waals surface area contributed by atoms with Gasteiger partial charge in [-0.3, -0.25) is 4.99 Å². The first-order chi connectivity index (χ1) is 10.4. The average molecular weight is 334 g/mol. The Kier molecular flexibility index (Phi) is 8.13. The van der Waals surface area contributed by atoms with Gasteiger partial charge in [0.25, 0.3) is 0 Å². The van der Waals surface area contributed by atoms with Crippen LogP contribution in [0, 0.1) is 0 Å². The molecule has 8 heteroatoms. The van der Waals surface area contributed by atoms with E-state index in [4.69, 9.17) is 0 Å². The van der Waals surface area contributed by atoms with Crippen molar-refractivity contribution in [3.63, 3.8) is 0 Å². The van der Waals surface area contributed by atoms with E-state index >= 15 is 0 Å². The van der Waals surface area contributed by atoms with Crippen LogP contribution in [0.1, 0.15) is 33.6 Å². The molecule has 0 aliphatic carbocycles. The molecule has 1 fully saturated rings. The van der Waals surface area contributed by atoms with Crippen molar-refractivity contribution in [2.75, 3.05) is 39.0 Å². The number of aliphatic imine (C=N–C) groups is 1. The maximum Gasteiger partial charge on any atom is 0.211 e. The second-order valence-electron chi connectivity index (χ2n) is 5.85. The summed E-state index contributed by atoms with van der Waals surface area (Å²) >= 11 is 0. The van der Waals surface area contributed by atoms with Gasteiger partial charge in [-0.15, -0.1) is 0 Å². The fourth-order valence-electron chi connectivity index (χ4n) is 2.44. The molecule has 0 aromatic heterocycles. The second-order valence-corrected chi connectivity index (χ2v) is 7.94. The van der Waals surface area contributed by atoms with Crippen molar-refractivity contribution in [3.05, 3.63) is 0 Å². The van der Waals surface area contributed by atoms with Crippen LogP contribution in [-0.2, 0) is 10.0 Å². The topological polar surface area (TPSA) is 85.8 Å². The van der Waals surface area contributed by atoms with Gasteiger partial charge in [-0.1, -0.05) is 0 Å². The lowest BCUT2D eigenvalue weighted by molar-refractivity contribution is 0.167. The van der Waals surface area contributed by atoms with Gasteiger partial charge in [0.2, 0.25) is 10.0 Å². The predicted molar refractivity (Wildman–Crippen MR) is 91.7 cm³/mol. The normalized spacial score (nSPS) is 18.7. The summed E-state index contributed by atoms with van der Waals surface area (Å²) in [5.74, 6) is 0.840. The smallest absolute Gasteiger partial charge is 0.211 e. The predicted octanol–water partition coefficient (Wildman–Crippen LogP) is -0.0365. The summed E-state index contributed by atoms with van der Waals surface area (Å²) in [6.07, 6.45) is 2.20. The molecule has 0 spiro atoms. The monoisotopic (exact) mass is 333 g/mol. The molecule has 1 heterocycles. The third kappa shape index (κ3) is 6.93. The molecule has 0 bridgehead atoms. The van der Waals surface area contributed by atoms with E-state index in [1.54, 1.807) is 14.0 Å². The van der Waals surface area contributed by atoms with Crippen molar-refractivity contribution in [3.8, 4) is 0 Å². The Morgan fingerprint density at radius 3 is 2.41 bits per heavy atom. The van der Waals surface area contributed by atoms with Crippen LogP contribution in [0.5, 0.6) is 0 Å². The van der Waals surface area contributed by atoms with Gasteiger partial charge >= 0.3 is 0 Å². The molecule has 0 unspecified atom stereocenters. The number of likely N-dealkylation sites (tertiary alicyclic amines) is 1. The summed E-state index contributed by atoms with van der Waals surface area (Å²) in [4.78, 5) is 6.67. The standard InChI is InChI=1S/C14H31N5O2S/c1-5-22(20,21)17-9-8-16-14(15-4)18-13-6-10-19(11-7-13)12(2)3/h12-13,17H,5-11H2,1-4H3,(H2,15,16,18). The molecule has 7 nitrogen and oxygen atoms in total. The lowest BCUT2D eigenvalue weighted by Gasteiger charge is -2.35. The van der Waals surface area contributed by atoms with Gasteiger partial charge in [-0.05, 0) is 33.6 Å². The molecule has 1 rings (SSSR count). The third-order valence-corrected chi connectivity index (χ3v) is 5.35. The first-order valence-corrected chi connectivity index (χ1v) is 9.71.